The quantitative estimate of drug-likeness (QED) is 0.852. The highest BCUT2D eigenvalue weighted by Crippen LogP contribution is 2.27. The van der Waals surface area contributed by atoms with Gasteiger partial charge in [-0.1, -0.05) is 17.7 Å². The summed E-state index contributed by atoms with van der Waals surface area (Å²) in [5, 5.41) is 5.45. The Bertz CT molecular complexity index is 626. The molecule has 116 valence electrons. The molecule has 1 saturated heterocycles. The lowest BCUT2D eigenvalue weighted by Crippen LogP contribution is -2.36. The molecule has 0 saturated carbocycles. The zero-order valence-electron chi connectivity index (χ0n) is 12.2. The molecule has 1 amide bonds. The smallest absolute Gasteiger partial charge is 0.251 e. The number of pyridine rings is 1. The number of hydrogen-bond acceptors (Lipinski definition) is 4. The number of nitrogens with one attached hydrogen (secondary N) is 1. The zero-order valence-corrected chi connectivity index (χ0v) is 13.7. The van der Waals surface area contributed by atoms with E-state index >= 15 is 0 Å². The average molecular weight is 336 g/mol. The molecule has 6 heteroatoms. The third-order valence-electron chi connectivity index (χ3n) is 3.90. The lowest BCUT2D eigenvalue weighted by Gasteiger charge is -2.26. The number of amides is 1. The molecule has 0 aliphatic carbocycles. The third kappa shape index (κ3) is 3.66. The summed E-state index contributed by atoms with van der Waals surface area (Å²) < 4.78 is 0. The molecule has 1 atom stereocenters. The van der Waals surface area contributed by atoms with Gasteiger partial charge in [0.1, 0.15) is 5.15 Å². The fraction of sp³-hybridized carbons (Fsp3) is 0.375. The summed E-state index contributed by atoms with van der Waals surface area (Å²) in [7, 11) is 0. The van der Waals surface area contributed by atoms with Crippen LogP contribution in [0.1, 0.15) is 34.1 Å². The minimum atomic E-state index is -0.106. The van der Waals surface area contributed by atoms with Crippen LogP contribution in [0.4, 0.5) is 0 Å². The molecule has 0 radical (unpaired) electrons. The minimum absolute atomic E-state index is 0.106. The highest BCUT2D eigenvalue weighted by atomic mass is 35.5. The standard InChI is InChI=1S/C16H18ClN3OS/c17-15-10-12(5-6-18-15)16(21)19-11-13(14-4-3-9-22-14)20-7-1-2-8-20/h3-6,9-10,13H,1-2,7-8,11H2,(H,19,21)/t13-/m0/s1. The van der Waals surface area contributed by atoms with Crippen molar-refractivity contribution >= 4 is 28.8 Å². The summed E-state index contributed by atoms with van der Waals surface area (Å²) in [4.78, 5) is 19.9. The second-order valence-corrected chi connectivity index (χ2v) is 6.72. The zero-order chi connectivity index (χ0) is 15.4. The first-order valence-electron chi connectivity index (χ1n) is 7.41. The van der Waals surface area contributed by atoms with Crippen molar-refractivity contribution in [1.82, 2.24) is 15.2 Å². The van der Waals surface area contributed by atoms with E-state index in [1.54, 1.807) is 29.7 Å². The van der Waals surface area contributed by atoms with Crippen molar-refractivity contribution < 1.29 is 4.79 Å². The Morgan fingerprint density at radius 1 is 1.41 bits per heavy atom. The molecule has 0 aromatic carbocycles. The van der Waals surface area contributed by atoms with Crippen LogP contribution in [0.3, 0.4) is 0 Å². The van der Waals surface area contributed by atoms with Gasteiger partial charge in [-0.25, -0.2) is 4.98 Å². The van der Waals surface area contributed by atoms with E-state index in [-0.39, 0.29) is 11.9 Å². The summed E-state index contributed by atoms with van der Waals surface area (Å²) in [6.45, 7) is 2.80. The molecular weight excluding hydrogens is 318 g/mol. The molecule has 2 aromatic heterocycles. The number of likely N-dealkylation sites (tertiary alicyclic amines) is 1. The van der Waals surface area contributed by atoms with Gasteiger partial charge in [-0.3, -0.25) is 9.69 Å². The van der Waals surface area contributed by atoms with E-state index in [1.807, 2.05) is 0 Å². The molecule has 0 bridgehead atoms. The maximum Gasteiger partial charge on any atom is 0.251 e. The van der Waals surface area contributed by atoms with Crippen molar-refractivity contribution in [3.63, 3.8) is 0 Å². The Labute approximate surface area is 139 Å². The molecule has 1 aliphatic heterocycles. The Kier molecular flexibility index (Phi) is 5.08. The highest BCUT2D eigenvalue weighted by molar-refractivity contribution is 7.10. The van der Waals surface area contributed by atoms with E-state index in [9.17, 15) is 4.79 Å². The Morgan fingerprint density at radius 3 is 2.91 bits per heavy atom. The number of carbonyl (C=O) groups is 1. The summed E-state index contributed by atoms with van der Waals surface area (Å²) in [5.74, 6) is -0.106. The van der Waals surface area contributed by atoms with Gasteiger partial charge in [0, 0.05) is 23.2 Å². The Morgan fingerprint density at radius 2 is 2.23 bits per heavy atom. The number of hydrogen-bond donors (Lipinski definition) is 1. The molecule has 1 N–H and O–H groups in total. The topological polar surface area (TPSA) is 45.2 Å². The van der Waals surface area contributed by atoms with E-state index in [1.165, 1.54) is 17.7 Å². The maximum atomic E-state index is 12.3. The molecule has 0 spiro atoms. The van der Waals surface area contributed by atoms with Crippen molar-refractivity contribution in [2.75, 3.05) is 19.6 Å². The molecule has 2 aromatic rings. The van der Waals surface area contributed by atoms with E-state index < -0.39 is 0 Å². The Balaban J connectivity index is 1.67. The van der Waals surface area contributed by atoms with Gasteiger partial charge in [-0.05, 0) is 49.5 Å². The van der Waals surface area contributed by atoms with Crippen molar-refractivity contribution in [2.24, 2.45) is 0 Å². The van der Waals surface area contributed by atoms with Crippen LogP contribution in [-0.4, -0.2) is 35.4 Å². The second kappa shape index (κ2) is 7.22. The van der Waals surface area contributed by atoms with Gasteiger partial charge in [0.25, 0.3) is 5.91 Å². The monoisotopic (exact) mass is 335 g/mol. The van der Waals surface area contributed by atoms with Crippen LogP contribution in [0.5, 0.6) is 0 Å². The van der Waals surface area contributed by atoms with Crippen molar-refractivity contribution in [1.29, 1.82) is 0 Å². The molecule has 3 heterocycles. The lowest BCUT2D eigenvalue weighted by molar-refractivity contribution is 0.0938. The van der Waals surface area contributed by atoms with E-state index in [0.29, 0.717) is 17.3 Å². The molecular formula is C16H18ClN3OS. The van der Waals surface area contributed by atoms with Gasteiger partial charge < -0.3 is 5.32 Å². The predicted octanol–water partition coefficient (Wildman–Crippen LogP) is 3.36. The van der Waals surface area contributed by atoms with Gasteiger partial charge in [0.2, 0.25) is 0 Å². The van der Waals surface area contributed by atoms with Crippen LogP contribution in [0.15, 0.2) is 35.8 Å². The first-order valence-corrected chi connectivity index (χ1v) is 8.67. The third-order valence-corrected chi connectivity index (χ3v) is 5.08. The molecule has 1 aliphatic rings. The molecule has 0 unspecified atom stereocenters. The van der Waals surface area contributed by atoms with E-state index in [2.05, 4.69) is 32.7 Å². The Hall–Kier alpha value is -1.43. The average Bonchev–Trinajstić information content (AvgIpc) is 3.21. The first kappa shape index (κ1) is 15.5. The van der Waals surface area contributed by atoms with Crippen LogP contribution in [0.25, 0.3) is 0 Å². The molecule has 22 heavy (non-hydrogen) atoms. The number of thiophene rings is 1. The maximum absolute atomic E-state index is 12.3. The molecule has 3 rings (SSSR count). The van der Waals surface area contributed by atoms with Crippen LogP contribution in [-0.2, 0) is 0 Å². The molecule has 4 nitrogen and oxygen atoms in total. The lowest BCUT2D eigenvalue weighted by atomic mass is 10.2. The fourth-order valence-corrected chi connectivity index (χ4v) is 3.81. The summed E-state index contributed by atoms with van der Waals surface area (Å²) in [5.41, 5.74) is 0.548. The minimum Gasteiger partial charge on any atom is -0.350 e. The normalized spacial score (nSPS) is 16.6. The van der Waals surface area contributed by atoms with Gasteiger partial charge >= 0.3 is 0 Å². The van der Waals surface area contributed by atoms with Crippen LogP contribution >= 0.6 is 22.9 Å². The first-order chi connectivity index (χ1) is 10.7. The van der Waals surface area contributed by atoms with Gasteiger partial charge in [-0.15, -0.1) is 11.3 Å². The number of rotatable bonds is 5. The number of carbonyl (C=O) groups excluding carboxylic acids is 1. The van der Waals surface area contributed by atoms with Gasteiger partial charge in [-0.2, -0.15) is 0 Å². The summed E-state index contributed by atoms with van der Waals surface area (Å²) in [6.07, 6.45) is 4.01. The van der Waals surface area contributed by atoms with Crippen molar-refractivity contribution in [2.45, 2.75) is 18.9 Å². The summed E-state index contributed by atoms with van der Waals surface area (Å²) in [6, 6.07) is 7.73. The van der Waals surface area contributed by atoms with Crippen LogP contribution in [0, 0.1) is 0 Å². The number of nitrogens with zero attached hydrogens (tertiary/aromatic N) is 2. The van der Waals surface area contributed by atoms with Gasteiger partial charge in [0.15, 0.2) is 0 Å². The largest absolute Gasteiger partial charge is 0.350 e. The van der Waals surface area contributed by atoms with E-state index in [0.717, 1.165) is 13.1 Å². The SMILES string of the molecule is O=C(NC[C@@H](c1cccs1)N1CCCC1)c1ccnc(Cl)c1. The summed E-state index contributed by atoms with van der Waals surface area (Å²) >= 11 is 7.58. The van der Waals surface area contributed by atoms with Crippen molar-refractivity contribution in [3.05, 3.63) is 51.4 Å². The second-order valence-electron chi connectivity index (χ2n) is 5.35. The van der Waals surface area contributed by atoms with Crippen LogP contribution in [0.2, 0.25) is 5.15 Å². The number of halogens is 1. The van der Waals surface area contributed by atoms with E-state index in [4.69, 9.17) is 11.6 Å². The molecule has 1 fully saturated rings. The van der Waals surface area contributed by atoms with Crippen molar-refractivity contribution in [3.8, 4) is 0 Å². The fourth-order valence-electron chi connectivity index (χ4n) is 2.78. The highest BCUT2D eigenvalue weighted by Gasteiger charge is 2.24. The number of aromatic nitrogens is 1. The predicted molar refractivity (Wildman–Crippen MR) is 89.4 cm³/mol. The van der Waals surface area contributed by atoms with Crippen LogP contribution < -0.4 is 5.32 Å². The van der Waals surface area contributed by atoms with Gasteiger partial charge in [0.05, 0.1) is 6.04 Å².